The highest BCUT2D eigenvalue weighted by Gasteiger charge is 2.28. The van der Waals surface area contributed by atoms with E-state index in [2.05, 4.69) is 10.5 Å². The van der Waals surface area contributed by atoms with Crippen LogP contribution in [0.1, 0.15) is 27.7 Å². The van der Waals surface area contributed by atoms with Crippen LogP contribution in [0.5, 0.6) is 0 Å². The Morgan fingerprint density at radius 2 is 1.83 bits per heavy atom. The zero-order chi connectivity index (χ0) is 20.9. The molecule has 30 heavy (non-hydrogen) atoms. The van der Waals surface area contributed by atoms with Crippen LogP contribution in [-0.4, -0.2) is 43.9 Å². The van der Waals surface area contributed by atoms with Gasteiger partial charge in [-0.3, -0.25) is 4.79 Å². The van der Waals surface area contributed by atoms with Crippen molar-refractivity contribution >= 4 is 5.91 Å². The van der Waals surface area contributed by atoms with Crippen molar-refractivity contribution < 1.29 is 23.3 Å². The van der Waals surface area contributed by atoms with Crippen LogP contribution in [0.3, 0.4) is 0 Å². The number of carbonyl (C=O) groups is 1. The standard InChI is InChI=1S/C23H24FN3O3/c1-16-21(22(26-30-16)18-5-3-2-4-6-18)23(28)25-15-20(27-11-13-29-14-12-27)17-7-9-19(24)10-8-17/h2-10,20H,11-15H2,1H3,(H,25,28)/p+1/t20-/m1/s1. The number of halogens is 1. The largest absolute Gasteiger partial charge is 0.370 e. The molecular formula is C23H25FN3O3+. The number of aromatic nitrogens is 1. The van der Waals surface area contributed by atoms with E-state index in [0.717, 1.165) is 24.2 Å². The molecule has 0 bridgehead atoms. The van der Waals surface area contributed by atoms with Gasteiger partial charge < -0.3 is 19.5 Å². The third kappa shape index (κ3) is 4.42. The van der Waals surface area contributed by atoms with Crippen molar-refractivity contribution in [3.8, 4) is 11.3 Å². The molecule has 0 radical (unpaired) electrons. The van der Waals surface area contributed by atoms with Gasteiger partial charge in [-0.05, 0) is 19.1 Å². The van der Waals surface area contributed by atoms with Crippen LogP contribution in [-0.2, 0) is 4.74 Å². The number of rotatable bonds is 6. The van der Waals surface area contributed by atoms with Crippen LogP contribution in [0.4, 0.5) is 4.39 Å². The van der Waals surface area contributed by atoms with Gasteiger partial charge in [0.2, 0.25) is 0 Å². The number of nitrogens with one attached hydrogen (secondary N) is 2. The number of hydrogen-bond donors (Lipinski definition) is 2. The number of nitrogens with zero attached hydrogens (tertiary/aromatic N) is 1. The molecule has 1 fully saturated rings. The van der Waals surface area contributed by atoms with Crippen molar-refractivity contribution in [2.45, 2.75) is 13.0 Å². The number of aryl methyl sites for hydroxylation is 1. The van der Waals surface area contributed by atoms with Crippen LogP contribution in [0.15, 0.2) is 59.1 Å². The van der Waals surface area contributed by atoms with Crippen molar-refractivity contribution in [1.29, 1.82) is 0 Å². The summed E-state index contributed by atoms with van der Waals surface area (Å²) >= 11 is 0. The minimum Gasteiger partial charge on any atom is -0.370 e. The van der Waals surface area contributed by atoms with Crippen molar-refractivity contribution in [2.24, 2.45) is 0 Å². The normalized spacial score (nSPS) is 15.7. The van der Waals surface area contributed by atoms with E-state index in [9.17, 15) is 9.18 Å². The van der Waals surface area contributed by atoms with Gasteiger partial charge in [-0.25, -0.2) is 4.39 Å². The lowest BCUT2D eigenvalue weighted by Gasteiger charge is -2.32. The number of hydrogen-bond acceptors (Lipinski definition) is 4. The third-order valence-electron chi connectivity index (χ3n) is 5.50. The fraction of sp³-hybridized carbons (Fsp3) is 0.304. The molecule has 0 aliphatic carbocycles. The Bertz CT molecular complexity index is 983. The number of benzene rings is 2. The molecule has 4 rings (SSSR count). The molecule has 156 valence electrons. The molecule has 2 heterocycles. The first kappa shape index (κ1) is 20.3. The van der Waals surface area contributed by atoms with Crippen molar-refractivity contribution in [3.05, 3.63) is 77.3 Å². The smallest absolute Gasteiger partial charge is 0.257 e. The fourth-order valence-corrected chi connectivity index (χ4v) is 3.89. The van der Waals surface area contributed by atoms with Crippen molar-refractivity contribution in [2.75, 3.05) is 32.8 Å². The maximum atomic E-state index is 13.4. The van der Waals surface area contributed by atoms with E-state index in [1.807, 2.05) is 30.3 Å². The van der Waals surface area contributed by atoms with Crippen LogP contribution in [0.2, 0.25) is 0 Å². The molecule has 0 spiro atoms. The van der Waals surface area contributed by atoms with Crippen LogP contribution in [0, 0.1) is 12.7 Å². The SMILES string of the molecule is Cc1onc(-c2ccccc2)c1C(=O)NC[C@H](c1ccc(F)cc1)[NH+]1CCOCC1. The van der Waals surface area contributed by atoms with Gasteiger partial charge >= 0.3 is 0 Å². The van der Waals surface area contributed by atoms with E-state index in [1.54, 1.807) is 19.1 Å². The highest BCUT2D eigenvalue weighted by molar-refractivity contribution is 6.00. The lowest BCUT2D eigenvalue weighted by Crippen LogP contribution is -3.15. The Morgan fingerprint density at radius 3 is 2.53 bits per heavy atom. The number of amides is 1. The third-order valence-corrected chi connectivity index (χ3v) is 5.50. The average Bonchev–Trinajstić information content (AvgIpc) is 3.18. The molecule has 1 saturated heterocycles. The summed E-state index contributed by atoms with van der Waals surface area (Å²) in [5, 5.41) is 7.14. The monoisotopic (exact) mass is 410 g/mol. The number of morpholine rings is 1. The quantitative estimate of drug-likeness (QED) is 0.654. The number of quaternary nitrogens is 1. The molecule has 2 aromatic carbocycles. The average molecular weight is 410 g/mol. The Morgan fingerprint density at radius 1 is 1.13 bits per heavy atom. The predicted molar refractivity (Wildman–Crippen MR) is 110 cm³/mol. The minimum absolute atomic E-state index is 0.00112. The van der Waals surface area contributed by atoms with Gasteiger partial charge in [0, 0.05) is 11.1 Å². The zero-order valence-electron chi connectivity index (χ0n) is 16.9. The molecule has 3 aromatic rings. The summed E-state index contributed by atoms with van der Waals surface area (Å²) in [4.78, 5) is 14.4. The Balaban J connectivity index is 1.55. The van der Waals surface area contributed by atoms with E-state index in [4.69, 9.17) is 9.26 Å². The second kappa shape index (κ2) is 9.19. The van der Waals surface area contributed by atoms with Gasteiger partial charge in [-0.15, -0.1) is 0 Å². The molecule has 0 unspecified atom stereocenters. The van der Waals surface area contributed by atoms with Crippen LogP contribution < -0.4 is 10.2 Å². The van der Waals surface area contributed by atoms with E-state index < -0.39 is 0 Å². The fourth-order valence-electron chi connectivity index (χ4n) is 3.89. The van der Waals surface area contributed by atoms with Crippen molar-refractivity contribution in [3.63, 3.8) is 0 Å². The van der Waals surface area contributed by atoms with Gasteiger partial charge in [0.1, 0.15) is 42.0 Å². The van der Waals surface area contributed by atoms with E-state index in [0.29, 0.717) is 36.8 Å². The summed E-state index contributed by atoms with van der Waals surface area (Å²) in [7, 11) is 0. The molecule has 1 aliphatic heterocycles. The summed E-state index contributed by atoms with van der Waals surface area (Å²) in [6, 6.07) is 16.0. The molecule has 1 aliphatic rings. The molecule has 1 atom stereocenters. The van der Waals surface area contributed by atoms with Crippen LogP contribution in [0.25, 0.3) is 11.3 Å². The minimum atomic E-state index is -0.272. The maximum absolute atomic E-state index is 13.4. The molecular weight excluding hydrogens is 385 g/mol. The molecule has 6 nitrogen and oxygen atoms in total. The highest BCUT2D eigenvalue weighted by Crippen LogP contribution is 2.25. The first-order chi connectivity index (χ1) is 14.6. The maximum Gasteiger partial charge on any atom is 0.257 e. The van der Waals surface area contributed by atoms with E-state index >= 15 is 0 Å². The second-order valence-corrected chi connectivity index (χ2v) is 7.41. The first-order valence-electron chi connectivity index (χ1n) is 10.1. The molecule has 1 aromatic heterocycles. The van der Waals surface area contributed by atoms with E-state index in [-0.39, 0.29) is 17.8 Å². The van der Waals surface area contributed by atoms with Gasteiger partial charge in [-0.1, -0.05) is 47.6 Å². The number of ether oxygens (including phenoxy) is 1. The molecule has 7 heteroatoms. The van der Waals surface area contributed by atoms with Gasteiger partial charge in [-0.2, -0.15) is 0 Å². The summed E-state index contributed by atoms with van der Waals surface area (Å²) in [6.45, 7) is 5.16. The highest BCUT2D eigenvalue weighted by atomic mass is 19.1. The lowest BCUT2D eigenvalue weighted by atomic mass is 10.0. The Labute approximate surface area is 174 Å². The first-order valence-corrected chi connectivity index (χ1v) is 10.1. The second-order valence-electron chi connectivity index (χ2n) is 7.41. The number of carbonyl (C=O) groups excluding carboxylic acids is 1. The molecule has 0 saturated carbocycles. The molecule has 2 N–H and O–H groups in total. The van der Waals surface area contributed by atoms with E-state index in [1.165, 1.54) is 17.0 Å². The van der Waals surface area contributed by atoms with Gasteiger partial charge in [0.15, 0.2) is 0 Å². The van der Waals surface area contributed by atoms with Gasteiger partial charge in [0.25, 0.3) is 5.91 Å². The van der Waals surface area contributed by atoms with Gasteiger partial charge in [0.05, 0.1) is 19.8 Å². The Hall–Kier alpha value is -3.03. The summed E-state index contributed by atoms with van der Waals surface area (Å²) in [6.07, 6.45) is 0. The Kier molecular flexibility index (Phi) is 6.21. The zero-order valence-corrected chi connectivity index (χ0v) is 16.9. The summed E-state index contributed by atoms with van der Waals surface area (Å²) in [5.74, 6) is -0.0260. The summed E-state index contributed by atoms with van der Waals surface area (Å²) < 4.78 is 24.2. The van der Waals surface area contributed by atoms with Crippen molar-refractivity contribution in [1.82, 2.24) is 10.5 Å². The summed E-state index contributed by atoms with van der Waals surface area (Å²) in [5.41, 5.74) is 2.78. The topological polar surface area (TPSA) is 68.8 Å². The predicted octanol–water partition coefficient (Wildman–Crippen LogP) is 2.18. The van der Waals surface area contributed by atoms with Crippen LogP contribution >= 0.6 is 0 Å². The lowest BCUT2D eigenvalue weighted by molar-refractivity contribution is -0.937. The molecule has 1 amide bonds.